The number of imidazole rings is 1. The molecule has 4 rings (SSSR count). The average Bonchev–Trinajstić information content (AvgIpc) is 3.26. The number of carbonyl (C=O) groups excluding carboxylic acids is 1. The van der Waals surface area contributed by atoms with Crippen molar-refractivity contribution in [3.8, 4) is 0 Å². The number of nitrogens with one attached hydrogen (secondary N) is 1. The van der Waals surface area contributed by atoms with Gasteiger partial charge in [-0.15, -0.1) is 11.3 Å². The fraction of sp³-hybridized carbons (Fsp3) is 0.353. The second kappa shape index (κ2) is 5.45. The van der Waals surface area contributed by atoms with Crippen LogP contribution in [-0.2, 0) is 5.41 Å². The van der Waals surface area contributed by atoms with E-state index in [0.717, 1.165) is 42.5 Å². The molecule has 0 spiro atoms. The molecule has 2 aromatic heterocycles. The molecule has 1 N–H and O–H groups in total. The second-order valence-corrected chi connectivity index (χ2v) is 7.22. The number of thiazole rings is 1. The number of hydrogen-bond acceptors (Lipinski definition) is 4. The van der Waals surface area contributed by atoms with Gasteiger partial charge in [0.2, 0.25) is 0 Å². The summed E-state index contributed by atoms with van der Waals surface area (Å²) in [6, 6.07) is 5.64. The number of fused-ring (bicyclic) bond motifs is 1. The van der Waals surface area contributed by atoms with Gasteiger partial charge >= 0.3 is 0 Å². The molecule has 0 atom stereocenters. The molecular formula is C17H18N4OS. The SMILES string of the molecule is CC1(c2nccs2)CCN(C(=O)c2ccc3nc[nH]c3c2)CC1. The van der Waals surface area contributed by atoms with Crippen molar-refractivity contribution in [3.05, 3.63) is 46.7 Å². The van der Waals surface area contributed by atoms with Crippen LogP contribution in [0, 0.1) is 0 Å². The molecule has 1 aliphatic heterocycles. The number of aromatic amines is 1. The van der Waals surface area contributed by atoms with Gasteiger partial charge in [-0.25, -0.2) is 9.97 Å². The fourth-order valence-corrected chi connectivity index (χ4v) is 4.05. The van der Waals surface area contributed by atoms with E-state index in [1.165, 1.54) is 5.01 Å². The molecule has 0 aliphatic carbocycles. The largest absolute Gasteiger partial charge is 0.345 e. The molecule has 1 amide bonds. The Morgan fingerprint density at radius 2 is 2.13 bits per heavy atom. The topological polar surface area (TPSA) is 61.9 Å². The van der Waals surface area contributed by atoms with Gasteiger partial charge in [-0.05, 0) is 31.0 Å². The van der Waals surface area contributed by atoms with Gasteiger partial charge in [0.1, 0.15) is 0 Å². The van der Waals surface area contributed by atoms with Crippen LogP contribution in [-0.4, -0.2) is 38.8 Å². The van der Waals surface area contributed by atoms with E-state index in [9.17, 15) is 4.79 Å². The molecular weight excluding hydrogens is 308 g/mol. The third-order valence-corrected chi connectivity index (χ3v) is 5.85. The van der Waals surface area contributed by atoms with Gasteiger partial charge in [0.25, 0.3) is 5.91 Å². The van der Waals surface area contributed by atoms with Crippen molar-refractivity contribution in [1.82, 2.24) is 19.9 Å². The molecule has 0 bridgehead atoms. The predicted octanol–water partition coefficient (Wildman–Crippen LogP) is 3.21. The molecule has 1 aliphatic rings. The molecule has 1 aromatic carbocycles. The predicted molar refractivity (Wildman–Crippen MR) is 90.7 cm³/mol. The molecule has 5 nitrogen and oxygen atoms in total. The summed E-state index contributed by atoms with van der Waals surface area (Å²) < 4.78 is 0. The number of piperidine rings is 1. The maximum absolute atomic E-state index is 12.7. The molecule has 1 saturated heterocycles. The summed E-state index contributed by atoms with van der Waals surface area (Å²) in [5, 5.41) is 3.21. The first-order valence-corrected chi connectivity index (χ1v) is 8.66. The highest BCUT2D eigenvalue weighted by molar-refractivity contribution is 7.09. The van der Waals surface area contributed by atoms with Crippen molar-refractivity contribution in [2.45, 2.75) is 25.2 Å². The number of likely N-dealkylation sites (tertiary alicyclic amines) is 1. The van der Waals surface area contributed by atoms with Gasteiger partial charge in [0.05, 0.1) is 22.4 Å². The normalized spacial score (nSPS) is 17.5. The van der Waals surface area contributed by atoms with E-state index in [1.54, 1.807) is 17.7 Å². The van der Waals surface area contributed by atoms with Gasteiger partial charge in [-0.2, -0.15) is 0 Å². The van der Waals surface area contributed by atoms with E-state index in [2.05, 4.69) is 21.9 Å². The summed E-state index contributed by atoms with van der Waals surface area (Å²) in [4.78, 5) is 26.4. The zero-order valence-electron chi connectivity index (χ0n) is 13.0. The van der Waals surface area contributed by atoms with Crippen LogP contribution < -0.4 is 0 Å². The van der Waals surface area contributed by atoms with Crippen molar-refractivity contribution in [2.24, 2.45) is 0 Å². The van der Waals surface area contributed by atoms with Crippen molar-refractivity contribution >= 4 is 28.3 Å². The second-order valence-electron chi connectivity index (χ2n) is 6.32. The molecule has 3 aromatic rings. The van der Waals surface area contributed by atoms with Gasteiger partial charge < -0.3 is 9.88 Å². The van der Waals surface area contributed by atoms with Crippen molar-refractivity contribution in [3.63, 3.8) is 0 Å². The molecule has 0 unspecified atom stereocenters. The number of benzene rings is 1. The first-order chi connectivity index (χ1) is 11.2. The van der Waals surface area contributed by atoms with Crippen LogP contribution in [0.5, 0.6) is 0 Å². The third-order valence-electron chi connectivity index (χ3n) is 4.77. The number of carbonyl (C=O) groups is 1. The monoisotopic (exact) mass is 326 g/mol. The van der Waals surface area contributed by atoms with Gasteiger partial charge in [-0.1, -0.05) is 6.92 Å². The Bertz CT molecular complexity index is 831. The van der Waals surface area contributed by atoms with Crippen LogP contribution in [0.25, 0.3) is 11.0 Å². The molecule has 1 fully saturated rings. The summed E-state index contributed by atoms with van der Waals surface area (Å²) >= 11 is 1.71. The van der Waals surface area contributed by atoms with Crippen molar-refractivity contribution < 1.29 is 4.79 Å². The van der Waals surface area contributed by atoms with E-state index < -0.39 is 0 Å². The molecule has 23 heavy (non-hydrogen) atoms. The number of amides is 1. The third kappa shape index (κ3) is 2.53. The minimum Gasteiger partial charge on any atom is -0.345 e. The Morgan fingerprint density at radius 3 is 2.87 bits per heavy atom. The lowest BCUT2D eigenvalue weighted by molar-refractivity contribution is 0.0676. The zero-order valence-corrected chi connectivity index (χ0v) is 13.8. The minimum absolute atomic E-state index is 0.0955. The molecule has 0 saturated carbocycles. The maximum atomic E-state index is 12.7. The van der Waals surface area contributed by atoms with E-state index in [4.69, 9.17) is 0 Å². The fourth-order valence-electron chi connectivity index (χ4n) is 3.19. The number of rotatable bonds is 2. The van der Waals surface area contributed by atoms with Crippen LogP contribution in [0.2, 0.25) is 0 Å². The van der Waals surface area contributed by atoms with Gasteiger partial charge in [-0.3, -0.25) is 4.79 Å². The Balaban J connectivity index is 1.50. The van der Waals surface area contributed by atoms with E-state index in [0.29, 0.717) is 0 Å². The molecule has 0 radical (unpaired) electrons. The highest BCUT2D eigenvalue weighted by Crippen LogP contribution is 2.36. The van der Waals surface area contributed by atoms with Gasteiger partial charge in [0, 0.05) is 35.6 Å². The summed E-state index contributed by atoms with van der Waals surface area (Å²) in [6.45, 7) is 3.80. The summed E-state index contributed by atoms with van der Waals surface area (Å²) in [5.74, 6) is 0.0997. The smallest absolute Gasteiger partial charge is 0.253 e. The lowest BCUT2D eigenvalue weighted by Crippen LogP contribution is -2.43. The van der Waals surface area contributed by atoms with Crippen LogP contribution >= 0.6 is 11.3 Å². The summed E-state index contributed by atoms with van der Waals surface area (Å²) in [5.41, 5.74) is 2.61. The number of nitrogens with zero attached hydrogens (tertiary/aromatic N) is 3. The van der Waals surface area contributed by atoms with Crippen molar-refractivity contribution in [2.75, 3.05) is 13.1 Å². The molecule has 118 valence electrons. The van der Waals surface area contributed by atoms with Crippen LogP contribution in [0.15, 0.2) is 36.1 Å². The van der Waals surface area contributed by atoms with Crippen LogP contribution in [0.1, 0.15) is 35.1 Å². The first kappa shape index (κ1) is 14.4. The quantitative estimate of drug-likeness (QED) is 0.786. The minimum atomic E-state index is 0.0955. The number of aromatic nitrogens is 3. The first-order valence-electron chi connectivity index (χ1n) is 7.78. The Hall–Kier alpha value is -2.21. The Morgan fingerprint density at radius 1 is 1.30 bits per heavy atom. The Labute approximate surface area is 138 Å². The van der Waals surface area contributed by atoms with Crippen LogP contribution in [0.4, 0.5) is 0 Å². The van der Waals surface area contributed by atoms with E-state index in [-0.39, 0.29) is 11.3 Å². The maximum Gasteiger partial charge on any atom is 0.253 e. The van der Waals surface area contributed by atoms with Gasteiger partial charge in [0.15, 0.2) is 0 Å². The van der Waals surface area contributed by atoms with Crippen LogP contribution in [0.3, 0.4) is 0 Å². The Kier molecular flexibility index (Phi) is 3.41. The number of hydrogen-bond donors (Lipinski definition) is 1. The molecule has 6 heteroatoms. The highest BCUT2D eigenvalue weighted by Gasteiger charge is 2.35. The summed E-state index contributed by atoms with van der Waals surface area (Å²) in [7, 11) is 0. The number of H-pyrrole nitrogens is 1. The van der Waals surface area contributed by atoms with Crippen molar-refractivity contribution in [1.29, 1.82) is 0 Å². The average molecular weight is 326 g/mol. The lowest BCUT2D eigenvalue weighted by atomic mass is 9.81. The molecule has 3 heterocycles. The van der Waals surface area contributed by atoms with E-state index >= 15 is 0 Å². The highest BCUT2D eigenvalue weighted by atomic mass is 32.1. The standard InChI is InChI=1S/C17H18N4OS/c1-17(16-18-6-9-23-16)4-7-21(8-5-17)15(22)12-2-3-13-14(10-12)20-11-19-13/h2-3,6,9-11H,4-5,7-8H2,1H3,(H,19,20). The summed E-state index contributed by atoms with van der Waals surface area (Å²) in [6.07, 6.45) is 5.43. The zero-order chi connectivity index (χ0) is 15.9. The lowest BCUT2D eigenvalue weighted by Gasteiger charge is -2.38. The van der Waals surface area contributed by atoms with E-state index in [1.807, 2.05) is 34.7 Å².